The molecule has 4 aromatic rings. The number of nitrogens with zero attached hydrogens (tertiary/aromatic N) is 3. The van der Waals surface area contributed by atoms with E-state index in [2.05, 4.69) is 21.6 Å². The van der Waals surface area contributed by atoms with Gasteiger partial charge in [0.05, 0.1) is 35.8 Å². The molecule has 0 spiro atoms. The van der Waals surface area contributed by atoms with E-state index in [0.717, 1.165) is 55.0 Å². The van der Waals surface area contributed by atoms with Gasteiger partial charge in [0.1, 0.15) is 12.4 Å². The summed E-state index contributed by atoms with van der Waals surface area (Å²) < 4.78 is 27.6. The monoisotopic (exact) mass is 535 g/mol. The Morgan fingerprint density at radius 1 is 1.16 bits per heavy atom. The van der Waals surface area contributed by atoms with Crippen LogP contribution >= 0.6 is 11.6 Å². The van der Waals surface area contributed by atoms with Gasteiger partial charge in [-0.05, 0) is 65.9 Å². The molecule has 38 heavy (non-hydrogen) atoms. The standard InChI is InChI=1S/C29H27ClFN3O4/c30-22-4-6-27(24(31)13-22)38-17-18-1-2-19-7-9-33(14-21(19)11-18)16-28-32-25-5-3-20(29(35)36)12-26(25)34(28)15-23-8-10-37-23/h1-6,11-13,23H,7-10,14-17H2,(H,35,36)/t23-/m0/s1. The minimum Gasteiger partial charge on any atom is -0.486 e. The highest BCUT2D eigenvalue weighted by Crippen LogP contribution is 2.27. The summed E-state index contributed by atoms with van der Waals surface area (Å²) in [5.41, 5.74) is 5.34. The van der Waals surface area contributed by atoms with Gasteiger partial charge >= 0.3 is 5.97 Å². The van der Waals surface area contributed by atoms with Crippen molar-refractivity contribution in [2.24, 2.45) is 0 Å². The third kappa shape index (κ3) is 5.12. The Morgan fingerprint density at radius 2 is 2.03 bits per heavy atom. The van der Waals surface area contributed by atoms with Crippen LogP contribution in [-0.4, -0.2) is 44.8 Å². The molecule has 196 valence electrons. The van der Waals surface area contributed by atoms with E-state index in [1.165, 1.54) is 23.3 Å². The average molecular weight is 536 g/mol. The summed E-state index contributed by atoms with van der Waals surface area (Å²) in [7, 11) is 0. The maximum absolute atomic E-state index is 14.1. The minimum absolute atomic E-state index is 0.120. The lowest BCUT2D eigenvalue weighted by atomic mass is 9.97. The number of carboxylic acid groups (broad SMARTS) is 1. The van der Waals surface area contributed by atoms with E-state index in [1.807, 2.05) is 6.07 Å². The maximum atomic E-state index is 14.1. The smallest absolute Gasteiger partial charge is 0.335 e. The van der Waals surface area contributed by atoms with Crippen LogP contribution < -0.4 is 4.74 Å². The van der Waals surface area contributed by atoms with Gasteiger partial charge in [-0.1, -0.05) is 29.8 Å². The van der Waals surface area contributed by atoms with Crippen LogP contribution in [0.2, 0.25) is 5.02 Å². The molecule has 3 aromatic carbocycles. The van der Waals surface area contributed by atoms with Crippen molar-refractivity contribution in [1.82, 2.24) is 14.5 Å². The number of carboxylic acids is 1. The molecule has 0 amide bonds. The molecule has 0 unspecified atom stereocenters. The molecule has 0 saturated carbocycles. The second-order valence-corrected chi connectivity index (χ2v) is 10.3. The summed E-state index contributed by atoms with van der Waals surface area (Å²) in [6.45, 7) is 3.95. The summed E-state index contributed by atoms with van der Waals surface area (Å²) in [4.78, 5) is 18.8. The summed E-state index contributed by atoms with van der Waals surface area (Å²) in [6.07, 6.45) is 2.02. The molecule has 7 nitrogen and oxygen atoms in total. The number of benzene rings is 3. The number of aromatic nitrogens is 2. The summed E-state index contributed by atoms with van der Waals surface area (Å²) in [6, 6.07) is 15.8. The van der Waals surface area contributed by atoms with Gasteiger partial charge in [-0.15, -0.1) is 0 Å². The van der Waals surface area contributed by atoms with Crippen molar-refractivity contribution >= 4 is 28.6 Å². The lowest BCUT2D eigenvalue weighted by Gasteiger charge is -2.30. The molecule has 0 radical (unpaired) electrons. The zero-order chi connectivity index (χ0) is 26.2. The number of carbonyl (C=O) groups is 1. The zero-order valence-corrected chi connectivity index (χ0v) is 21.5. The fourth-order valence-electron chi connectivity index (χ4n) is 5.11. The van der Waals surface area contributed by atoms with Crippen LogP contribution in [0.3, 0.4) is 0 Å². The highest BCUT2D eigenvalue weighted by molar-refractivity contribution is 6.30. The molecular formula is C29H27ClFN3O4. The van der Waals surface area contributed by atoms with Gasteiger partial charge in [-0.3, -0.25) is 4.90 Å². The number of rotatable bonds is 8. The van der Waals surface area contributed by atoms with Crippen LogP contribution in [0, 0.1) is 5.82 Å². The molecule has 2 aliphatic rings. The van der Waals surface area contributed by atoms with Crippen molar-refractivity contribution in [1.29, 1.82) is 0 Å². The van der Waals surface area contributed by atoms with E-state index in [9.17, 15) is 14.3 Å². The quantitative estimate of drug-likeness (QED) is 0.323. The van der Waals surface area contributed by atoms with Crippen LogP contribution in [0.25, 0.3) is 11.0 Å². The largest absolute Gasteiger partial charge is 0.486 e. The van der Waals surface area contributed by atoms with E-state index in [4.69, 9.17) is 26.1 Å². The Kier molecular flexibility index (Phi) is 6.78. The van der Waals surface area contributed by atoms with Crippen molar-refractivity contribution in [3.63, 3.8) is 0 Å². The first kappa shape index (κ1) is 24.9. The zero-order valence-electron chi connectivity index (χ0n) is 20.7. The molecule has 1 aromatic heterocycles. The molecule has 1 N–H and O–H groups in total. The molecule has 2 aliphatic heterocycles. The van der Waals surface area contributed by atoms with E-state index in [-0.39, 0.29) is 24.0 Å². The van der Waals surface area contributed by atoms with Crippen LogP contribution in [0.1, 0.15) is 39.3 Å². The fraction of sp³-hybridized carbons (Fsp3) is 0.310. The molecular weight excluding hydrogens is 509 g/mol. The van der Waals surface area contributed by atoms with Gasteiger partial charge in [-0.25, -0.2) is 14.2 Å². The Balaban J connectivity index is 1.20. The maximum Gasteiger partial charge on any atom is 0.335 e. The van der Waals surface area contributed by atoms with E-state index < -0.39 is 11.8 Å². The number of ether oxygens (including phenoxy) is 2. The van der Waals surface area contributed by atoms with Crippen molar-refractivity contribution in [3.05, 3.63) is 93.5 Å². The van der Waals surface area contributed by atoms with Crippen LogP contribution in [0.15, 0.2) is 54.6 Å². The Hall–Kier alpha value is -3.46. The summed E-state index contributed by atoms with van der Waals surface area (Å²) >= 11 is 5.84. The first-order chi connectivity index (χ1) is 18.4. The molecule has 6 rings (SSSR count). The third-order valence-electron chi connectivity index (χ3n) is 7.27. The Labute approximate surface area is 224 Å². The SMILES string of the molecule is O=C(O)c1ccc2nc(CN3CCc4ccc(COc5ccc(Cl)cc5F)cc4C3)n(C[C@@H]3CCO3)c2c1. The topological polar surface area (TPSA) is 76.8 Å². The average Bonchev–Trinajstić information content (AvgIpc) is 3.21. The van der Waals surface area contributed by atoms with Crippen LogP contribution in [0.5, 0.6) is 5.75 Å². The van der Waals surface area contributed by atoms with E-state index in [0.29, 0.717) is 18.1 Å². The molecule has 9 heteroatoms. The Morgan fingerprint density at radius 3 is 2.79 bits per heavy atom. The first-order valence-electron chi connectivity index (χ1n) is 12.7. The van der Waals surface area contributed by atoms with Crippen molar-refractivity contribution in [3.8, 4) is 5.75 Å². The number of hydrogen-bond donors (Lipinski definition) is 1. The molecule has 0 aliphatic carbocycles. The van der Waals surface area contributed by atoms with Crippen molar-refractivity contribution < 1.29 is 23.8 Å². The molecule has 1 saturated heterocycles. The second kappa shape index (κ2) is 10.4. The van der Waals surface area contributed by atoms with Crippen LogP contribution in [-0.2, 0) is 37.4 Å². The summed E-state index contributed by atoms with van der Waals surface area (Å²) in [5.74, 6) is -0.354. The fourth-order valence-corrected chi connectivity index (χ4v) is 5.27. The number of hydrogen-bond acceptors (Lipinski definition) is 5. The Bertz CT molecular complexity index is 1520. The first-order valence-corrected chi connectivity index (χ1v) is 13.1. The van der Waals surface area contributed by atoms with Gasteiger partial charge < -0.3 is 19.1 Å². The third-order valence-corrected chi connectivity index (χ3v) is 7.50. The van der Waals surface area contributed by atoms with Crippen LogP contribution in [0.4, 0.5) is 4.39 Å². The van der Waals surface area contributed by atoms with Gasteiger partial charge in [0.15, 0.2) is 11.6 Å². The predicted molar refractivity (Wildman–Crippen MR) is 141 cm³/mol. The second-order valence-electron chi connectivity index (χ2n) is 9.86. The van der Waals surface area contributed by atoms with Gasteiger partial charge in [0.25, 0.3) is 0 Å². The molecule has 1 atom stereocenters. The van der Waals surface area contributed by atoms with Gasteiger partial charge in [0, 0.05) is 24.7 Å². The minimum atomic E-state index is -0.952. The summed E-state index contributed by atoms with van der Waals surface area (Å²) in [5, 5.41) is 9.82. The number of aromatic carboxylic acids is 1. The van der Waals surface area contributed by atoms with E-state index >= 15 is 0 Å². The normalized spacial score (nSPS) is 17.3. The highest BCUT2D eigenvalue weighted by Gasteiger charge is 2.24. The lowest BCUT2D eigenvalue weighted by molar-refractivity contribution is -0.0592. The molecule has 3 heterocycles. The molecule has 1 fully saturated rings. The highest BCUT2D eigenvalue weighted by atomic mass is 35.5. The van der Waals surface area contributed by atoms with Crippen molar-refractivity contribution in [2.45, 2.75) is 45.2 Å². The number of imidazole rings is 1. The van der Waals surface area contributed by atoms with Gasteiger partial charge in [0.2, 0.25) is 0 Å². The lowest BCUT2D eigenvalue weighted by Crippen LogP contribution is -2.34. The number of halogens is 2. The predicted octanol–water partition coefficient (Wildman–Crippen LogP) is 5.45. The van der Waals surface area contributed by atoms with Gasteiger partial charge in [-0.2, -0.15) is 0 Å². The number of fused-ring (bicyclic) bond motifs is 2. The molecule has 0 bridgehead atoms. The van der Waals surface area contributed by atoms with E-state index in [1.54, 1.807) is 24.3 Å². The van der Waals surface area contributed by atoms with Crippen molar-refractivity contribution in [2.75, 3.05) is 13.2 Å².